The van der Waals surface area contributed by atoms with E-state index in [9.17, 15) is 8.42 Å². The lowest BCUT2D eigenvalue weighted by atomic mass is 9.92. The Hall–Kier alpha value is -2.67. The minimum absolute atomic E-state index is 0.0997. The van der Waals surface area contributed by atoms with Gasteiger partial charge < -0.3 is 4.74 Å². The van der Waals surface area contributed by atoms with Crippen molar-refractivity contribution in [2.45, 2.75) is 24.8 Å². The van der Waals surface area contributed by atoms with Crippen LogP contribution in [-0.4, -0.2) is 50.9 Å². The van der Waals surface area contributed by atoms with Crippen LogP contribution in [0.5, 0.6) is 5.75 Å². The van der Waals surface area contributed by atoms with E-state index in [4.69, 9.17) is 4.74 Å². The van der Waals surface area contributed by atoms with Gasteiger partial charge in [-0.3, -0.25) is 4.90 Å². The number of nitrogens with zero attached hydrogens (tertiary/aromatic N) is 2. The van der Waals surface area contributed by atoms with Crippen LogP contribution < -0.4 is 4.74 Å². The van der Waals surface area contributed by atoms with Gasteiger partial charge in [0.2, 0.25) is 10.0 Å². The average Bonchev–Trinajstić information content (AvgIpc) is 2.82. The predicted octanol–water partition coefficient (Wildman–Crippen LogP) is 4.41. The molecule has 0 radical (unpaired) electrons. The van der Waals surface area contributed by atoms with Gasteiger partial charge in [0.1, 0.15) is 5.75 Å². The molecule has 0 spiro atoms. The summed E-state index contributed by atoms with van der Waals surface area (Å²) in [5, 5.41) is 0. The van der Waals surface area contributed by atoms with Crippen molar-refractivity contribution in [3.63, 3.8) is 0 Å². The summed E-state index contributed by atoms with van der Waals surface area (Å²) in [6.07, 6.45) is 0. The first-order valence-corrected chi connectivity index (χ1v) is 12.3. The third kappa shape index (κ3) is 4.58. The highest BCUT2D eigenvalue weighted by molar-refractivity contribution is 7.89. The summed E-state index contributed by atoms with van der Waals surface area (Å²) < 4.78 is 33.1. The maximum atomic E-state index is 13.2. The normalized spacial score (nSPS) is 16.6. The zero-order valence-corrected chi connectivity index (χ0v) is 19.7. The van der Waals surface area contributed by atoms with Crippen LogP contribution in [0.4, 0.5) is 0 Å². The number of hydrogen-bond donors (Lipinski definition) is 0. The fourth-order valence-corrected chi connectivity index (χ4v) is 5.75. The van der Waals surface area contributed by atoms with Crippen molar-refractivity contribution in [1.29, 1.82) is 0 Å². The number of hydrogen-bond acceptors (Lipinski definition) is 4. The van der Waals surface area contributed by atoms with Gasteiger partial charge in [-0.2, -0.15) is 4.31 Å². The van der Waals surface area contributed by atoms with Crippen LogP contribution in [0.2, 0.25) is 0 Å². The number of sulfonamides is 1. The molecule has 5 nitrogen and oxygen atoms in total. The molecule has 0 aromatic heterocycles. The van der Waals surface area contributed by atoms with E-state index in [1.54, 1.807) is 35.7 Å². The summed E-state index contributed by atoms with van der Waals surface area (Å²) in [6.45, 7) is 6.49. The molecule has 1 aliphatic rings. The van der Waals surface area contributed by atoms with Gasteiger partial charge >= 0.3 is 0 Å². The molecule has 32 heavy (non-hydrogen) atoms. The maximum absolute atomic E-state index is 13.2. The van der Waals surface area contributed by atoms with Crippen molar-refractivity contribution >= 4 is 10.0 Å². The number of methoxy groups -OCH3 is 1. The molecule has 1 unspecified atom stereocenters. The Kier molecular flexibility index (Phi) is 6.65. The van der Waals surface area contributed by atoms with E-state index in [2.05, 4.69) is 67.3 Å². The molecular formula is C26H30N2O3S. The monoisotopic (exact) mass is 450 g/mol. The molecule has 0 saturated carbocycles. The van der Waals surface area contributed by atoms with Gasteiger partial charge in [0, 0.05) is 26.2 Å². The first-order chi connectivity index (χ1) is 15.4. The Morgan fingerprint density at radius 2 is 1.44 bits per heavy atom. The van der Waals surface area contributed by atoms with Gasteiger partial charge in [-0.25, -0.2) is 8.42 Å². The highest BCUT2D eigenvalue weighted by Crippen LogP contribution is 2.32. The molecule has 1 heterocycles. The molecule has 3 aromatic rings. The lowest BCUT2D eigenvalue weighted by molar-refractivity contribution is 0.155. The number of piperazine rings is 1. The van der Waals surface area contributed by atoms with Crippen molar-refractivity contribution in [2.75, 3.05) is 33.3 Å². The van der Waals surface area contributed by atoms with Gasteiger partial charge in [0.05, 0.1) is 18.0 Å². The largest absolute Gasteiger partial charge is 0.497 e. The van der Waals surface area contributed by atoms with Crippen molar-refractivity contribution in [1.82, 2.24) is 9.21 Å². The van der Waals surface area contributed by atoms with E-state index >= 15 is 0 Å². The van der Waals surface area contributed by atoms with Crippen LogP contribution in [-0.2, 0) is 10.0 Å². The van der Waals surface area contributed by atoms with Crippen molar-refractivity contribution in [3.05, 3.63) is 95.1 Å². The van der Waals surface area contributed by atoms with Gasteiger partial charge in [-0.1, -0.05) is 54.1 Å². The minimum atomic E-state index is -3.53. The molecule has 0 bridgehead atoms. The Balaban J connectivity index is 1.57. The van der Waals surface area contributed by atoms with Gasteiger partial charge in [-0.05, 0) is 54.8 Å². The lowest BCUT2D eigenvalue weighted by Crippen LogP contribution is -2.49. The highest BCUT2D eigenvalue weighted by atomic mass is 32.2. The second-order valence-electron chi connectivity index (χ2n) is 8.29. The minimum Gasteiger partial charge on any atom is -0.497 e. The molecule has 1 fully saturated rings. The molecule has 4 rings (SSSR count). The summed E-state index contributed by atoms with van der Waals surface area (Å²) in [5.74, 6) is 0.646. The first-order valence-electron chi connectivity index (χ1n) is 10.9. The Labute approximate surface area is 191 Å². The van der Waals surface area contributed by atoms with E-state index in [0.717, 1.165) is 0 Å². The summed E-state index contributed by atoms with van der Waals surface area (Å²) in [5.41, 5.74) is 4.97. The van der Waals surface area contributed by atoms with E-state index in [-0.39, 0.29) is 6.04 Å². The molecular weight excluding hydrogens is 420 g/mol. The van der Waals surface area contributed by atoms with E-state index in [0.29, 0.717) is 36.8 Å². The molecule has 0 aliphatic carbocycles. The van der Waals surface area contributed by atoms with Crippen LogP contribution in [0, 0.1) is 13.8 Å². The van der Waals surface area contributed by atoms with Gasteiger partial charge in [0.15, 0.2) is 0 Å². The van der Waals surface area contributed by atoms with Crippen LogP contribution in [0.25, 0.3) is 0 Å². The Morgan fingerprint density at radius 1 is 0.812 bits per heavy atom. The van der Waals surface area contributed by atoms with Crippen LogP contribution in [0.1, 0.15) is 28.3 Å². The summed E-state index contributed by atoms with van der Waals surface area (Å²) >= 11 is 0. The molecule has 0 N–H and O–H groups in total. The first kappa shape index (κ1) is 22.5. The topological polar surface area (TPSA) is 49.9 Å². The average molecular weight is 451 g/mol. The quantitative estimate of drug-likeness (QED) is 0.558. The second-order valence-corrected chi connectivity index (χ2v) is 10.2. The maximum Gasteiger partial charge on any atom is 0.243 e. The molecule has 3 aromatic carbocycles. The molecule has 6 heteroatoms. The summed E-state index contributed by atoms with van der Waals surface area (Å²) in [6, 6.07) is 23.8. The molecule has 1 aliphatic heterocycles. The molecule has 168 valence electrons. The third-order valence-electron chi connectivity index (χ3n) is 6.21. The van der Waals surface area contributed by atoms with Gasteiger partial charge in [0.25, 0.3) is 0 Å². The summed E-state index contributed by atoms with van der Waals surface area (Å²) in [4.78, 5) is 2.70. The molecule has 1 atom stereocenters. The number of aryl methyl sites for hydroxylation is 2. The van der Waals surface area contributed by atoms with Crippen LogP contribution in [0.15, 0.2) is 77.7 Å². The number of rotatable bonds is 6. The van der Waals surface area contributed by atoms with Gasteiger partial charge in [-0.15, -0.1) is 0 Å². The number of ether oxygens (including phenoxy) is 1. The Bertz CT molecular complexity index is 1150. The molecule has 0 amide bonds. The smallest absolute Gasteiger partial charge is 0.243 e. The number of benzene rings is 3. The Morgan fingerprint density at radius 3 is 2.03 bits per heavy atom. The van der Waals surface area contributed by atoms with Crippen molar-refractivity contribution < 1.29 is 13.2 Å². The van der Waals surface area contributed by atoms with E-state index in [1.165, 1.54) is 22.3 Å². The lowest BCUT2D eigenvalue weighted by Gasteiger charge is -2.39. The van der Waals surface area contributed by atoms with Crippen molar-refractivity contribution in [3.8, 4) is 5.75 Å². The van der Waals surface area contributed by atoms with E-state index < -0.39 is 10.0 Å². The zero-order chi connectivity index (χ0) is 22.7. The fourth-order valence-electron chi connectivity index (χ4n) is 4.33. The summed E-state index contributed by atoms with van der Waals surface area (Å²) in [7, 11) is -1.96. The van der Waals surface area contributed by atoms with Crippen LogP contribution in [0.3, 0.4) is 0 Å². The van der Waals surface area contributed by atoms with Crippen molar-refractivity contribution in [2.24, 2.45) is 0 Å². The second kappa shape index (κ2) is 9.45. The van der Waals surface area contributed by atoms with Crippen LogP contribution >= 0.6 is 0 Å². The van der Waals surface area contributed by atoms with E-state index in [1.807, 2.05) is 0 Å². The zero-order valence-electron chi connectivity index (χ0n) is 18.9. The fraction of sp³-hybridized carbons (Fsp3) is 0.308. The predicted molar refractivity (Wildman–Crippen MR) is 128 cm³/mol. The third-order valence-corrected chi connectivity index (χ3v) is 8.12. The standard InChI is InChI=1S/C26H30N2O3S/c1-20-8-10-22(11-9-20)26(25-7-5-4-6-21(25)2)27-16-18-28(19-17-27)32(29,30)24-14-12-23(31-3)13-15-24/h4-15,26H,16-19H2,1-3H3. The molecule has 1 saturated heterocycles. The SMILES string of the molecule is COc1ccc(S(=O)(=O)N2CCN(C(c3ccc(C)cc3)c3ccccc3C)CC2)cc1. The highest BCUT2D eigenvalue weighted by Gasteiger charge is 2.32.